The first-order chi connectivity index (χ1) is 9.26. The SMILES string of the molecule is OCC1CCn2nc(Cc3ccccc3Cl)nc2C1. The van der Waals surface area contributed by atoms with E-state index in [-0.39, 0.29) is 6.61 Å². The second-order valence-corrected chi connectivity index (χ2v) is 5.38. The molecule has 2 heterocycles. The zero-order chi connectivity index (χ0) is 13.2. The van der Waals surface area contributed by atoms with Crippen LogP contribution in [0.3, 0.4) is 0 Å². The maximum absolute atomic E-state index is 9.22. The van der Waals surface area contributed by atoms with Gasteiger partial charge in [-0.1, -0.05) is 29.8 Å². The Morgan fingerprint density at radius 3 is 3.00 bits per heavy atom. The minimum Gasteiger partial charge on any atom is -0.396 e. The molecule has 3 rings (SSSR count). The van der Waals surface area contributed by atoms with Crippen molar-refractivity contribution >= 4 is 11.6 Å². The van der Waals surface area contributed by atoms with Crippen molar-refractivity contribution < 1.29 is 5.11 Å². The number of aryl methyl sites for hydroxylation is 1. The normalized spacial score (nSPS) is 18.3. The van der Waals surface area contributed by atoms with E-state index in [0.29, 0.717) is 12.3 Å². The molecule has 0 radical (unpaired) electrons. The summed E-state index contributed by atoms with van der Waals surface area (Å²) < 4.78 is 1.96. The molecular formula is C14H16ClN3O. The first kappa shape index (κ1) is 12.6. The molecular weight excluding hydrogens is 262 g/mol. The third-order valence-corrected chi connectivity index (χ3v) is 3.95. The highest BCUT2D eigenvalue weighted by Crippen LogP contribution is 2.21. The zero-order valence-electron chi connectivity index (χ0n) is 10.6. The molecule has 1 aromatic carbocycles. The van der Waals surface area contributed by atoms with Gasteiger partial charge in [-0.25, -0.2) is 9.67 Å². The molecule has 4 nitrogen and oxygen atoms in total. The summed E-state index contributed by atoms with van der Waals surface area (Å²) in [6.45, 7) is 1.07. The smallest absolute Gasteiger partial charge is 0.155 e. The average Bonchev–Trinajstić information content (AvgIpc) is 2.82. The molecule has 2 aromatic rings. The molecule has 1 N–H and O–H groups in total. The highest BCUT2D eigenvalue weighted by atomic mass is 35.5. The lowest BCUT2D eigenvalue weighted by Crippen LogP contribution is -2.22. The van der Waals surface area contributed by atoms with E-state index >= 15 is 0 Å². The molecule has 0 amide bonds. The van der Waals surface area contributed by atoms with Gasteiger partial charge < -0.3 is 5.11 Å². The van der Waals surface area contributed by atoms with Crippen molar-refractivity contribution in [3.63, 3.8) is 0 Å². The number of aromatic nitrogens is 3. The Kier molecular flexibility index (Phi) is 3.53. The monoisotopic (exact) mass is 277 g/mol. The summed E-state index contributed by atoms with van der Waals surface area (Å²) in [6.07, 6.45) is 2.44. The molecule has 1 aromatic heterocycles. The Morgan fingerprint density at radius 1 is 1.37 bits per heavy atom. The number of aliphatic hydroxyl groups excluding tert-OH is 1. The van der Waals surface area contributed by atoms with E-state index in [2.05, 4.69) is 10.1 Å². The molecule has 0 spiro atoms. The maximum atomic E-state index is 9.22. The summed E-state index contributed by atoms with van der Waals surface area (Å²) in [6, 6.07) is 7.77. The van der Waals surface area contributed by atoms with Crippen LogP contribution >= 0.6 is 11.6 Å². The van der Waals surface area contributed by atoms with E-state index in [0.717, 1.165) is 41.6 Å². The van der Waals surface area contributed by atoms with Gasteiger partial charge in [0.1, 0.15) is 5.82 Å². The molecule has 1 aliphatic heterocycles. The van der Waals surface area contributed by atoms with E-state index in [4.69, 9.17) is 11.6 Å². The van der Waals surface area contributed by atoms with Crippen LogP contribution in [-0.2, 0) is 19.4 Å². The van der Waals surface area contributed by atoms with E-state index in [1.165, 1.54) is 0 Å². The predicted molar refractivity (Wildman–Crippen MR) is 73.2 cm³/mol. The Bertz CT molecular complexity index is 582. The van der Waals surface area contributed by atoms with Gasteiger partial charge in [0, 0.05) is 31.0 Å². The van der Waals surface area contributed by atoms with Crippen LogP contribution in [0.15, 0.2) is 24.3 Å². The van der Waals surface area contributed by atoms with E-state index in [1.807, 2.05) is 28.9 Å². The average molecular weight is 278 g/mol. The molecule has 0 bridgehead atoms. The van der Waals surface area contributed by atoms with E-state index in [1.54, 1.807) is 0 Å². The number of nitrogens with zero attached hydrogens (tertiary/aromatic N) is 3. The van der Waals surface area contributed by atoms with Crippen molar-refractivity contribution in [2.45, 2.75) is 25.8 Å². The van der Waals surface area contributed by atoms with Gasteiger partial charge >= 0.3 is 0 Å². The topological polar surface area (TPSA) is 50.9 Å². The number of hydrogen-bond acceptors (Lipinski definition) is 3. The number of aliphatic hydroxyl groups is 1. The van der Waals surface area contributed by atoms with Gasteiger partial charge in [0.15, 0.2) is 5.82 Å². The van der Waals surface area contributed by atoms with Crippen LogP contribution in [0.4, 0.5) is 0 Å². The second-order valence-electron chi connectivity index (χ2n) is 4.98. The minimum atomic E-state index is 0.229. The van der Waals surface area contributed by atoms with Gasteiger partial charge in [-0.05, 0) is 24.0 Å². The van der Waals surface area contributed by atoms with Crippen LogP contribution in [-0.4, -0.2) is 26.5 Å². The molecule has 0 saturated heterocycles. The molecule has 1 aliphatic rings. The number of halogens is 1. The largest absolute Gasteiger partial charge is 0.396 e. The molecule has 1 atom stereocenters. The fourth-order valence-corrected chi connectivity index (χ4v) is 2.67. The van der Waals surface area contributed by atoms with Crippen molar-refractivity contribution in [1.82, 2.24) is 14.8 Å². The summed E-state index contributed by atoms with van der Waals surface area (Å²) in [4.78, 5) is 4.57. The molecule has 0 saturated carbocycles. The van der Waals surface area contributed by atoms with Crippen LogP contribution in [0.5, 0.6) is 0 Å². The van der Waals surface area contributed by atoms with Gasteiger partial charge in [0.2, 0.25) is 0 Å². The lowest BCUT2D eigenvalue weighted by Gasteiger charge is -2.19. The van der Waals surface area contributed by atoms with Crippen LogP contribution < -0.4 is 0 Å². The minimum absolute atomic E-state index is 0.229. The summed E-state index contributed by atoms with van der Waals surface area (Å²) in [5.74, 6) is 2.11. The van der Waals surface area contributed by atoms with Crippen LogP contribution in [0, 0.1) is 5.92 Å². The van der Waals surface area contributed by atoms with Gasteiger partial charge in [-0.3, -0.25) is 0 Å². The lowest BCUT2D eigenvalue weighted by molar-refractivity contribution is 0.196. The van der Waals surface area contributed by atoms with Crippen LogP contribution in [0.2, 0.25) is 5.02 Å². The van der Waals surface area contributed by atoms with Gasteiger partial charge in [0.25, 0.3) is 0 Å². The third-order valence-electron chi connectivity index (χ3n) is 3.58. The summed E-state index contributed by atoms with van der Waals surface area (Å²) >= 11 is 6.15. The second kappa shape index (κ2) is 5.31. The highest BCUT2D eigenvalue weighted by Gasteiger charge is 2.21. The Morgan fingerprint density at radius 2 is 2.21 bits per heavy atom. The first-order valence-electron chi connectivity index (χ1n) is 6.53. The zero-order valence-corrected chi connectivity index (χ0v) is 11.3. The Hall–Kier alpha value is -1.39. The fraction of sp³-hybridized carbons (Fsp3) is 0.429. The van der Waals surface area contributed by atoms with Gasteiger partial charge in [0.05, 0.1) is 0 Å². The van der Waals surface area contributed by atoms with Crippen molar-refractivity contribution in [2.75, 3.05) is 6.61 Å². The van der Waals surface area contributed by atoms with Crippen molar-refractivity contribution in [3.8, 4) is 0 Å². The lowest BCUT2D eigenvalue weighted by atomic mass is 9.99. The number of hydrogen-bond donors (Lipinski definition) is 1. The molecule has 0 aliphatic carbocycles. The van der Waals surface area contributed by atoms with E-state index in [9.17, 15) is 5.11 Å². The summed E-state index contributed by atoms with van der Waals surface area (Å²) in [5, 5.41) is 14.5. The van der Waals surface area contributed by atoms with Crippen LogP contribution in [0.25, 0.3) is 0 Å². The predicted octanol–water partition coefficient (Wildman–Crippen LogP) is 2.08. The molecule has 0 fully saturated rings. The fourth-order valence-electron chi connectivity index (χ4n) is 2.46. The number of rotatable bonds is 3. The molecule has 19 heavy (non-hydrogen) atoms. The van der Waals surface area contributed by atoms with Crippen LogP contribution in [0.1, 0.15) is 23.6 Å². The van der Waals surface area contributed by atoms with Crippen molar-refractivity contribution in [3.05, 3.63) is 46.5 Å². The first-order valence-corrected chi connectivity index (χ1v) is 6.91. The summed E-state index contributed by atoms with van der Waals surface area (Å²) in [7, 11) is 0. The van der Waals surface area contributed by atoms with Crippen molar-refractivity contribution in [2.24, 2.45) is 5.92 Å². The number of benzene rings is 1. The van der Waals surface area contributed by atoms with Crippen molar-refractivity contribution in [1.29, 1.82) is 0 Å². The molecule has 1 unspecified atom stereocenters. The molecule has 5 heteroatoms. The Labute approximate surface area is 117 Å². The quantitative estimate of drug-likeness (QED) is 0.934. The van der Waals surface area contributed by atoms with Gasteiger partial charge in [-0.15, -0.1) is 0 Å². The third kappa shape index (κ3) is 2.65. The standard InChI is InChI=1S/C14H16ClN3O/c15-12-4-2-1-3-11(12)8-13-16-14-7-10(9-19)5-6-18(14)17-13/h1-4,10,19H,5-9H2. The number of fused-ring (bicyclic) bond motifs is 1. The molecule has 100 valence electrons. The van der Waals surface area contributed by atoms with E-state index < -0.39 is 0 Å². The maximum Gasteiger partial charge on any atom is 0.155 e. The summed E-state index contributed by atoms with van der Waals surface area (Å²) in [5.41, 5.74) is 1.05. The highest BCUT2D eigenvalue weighted by molar-refractivity contribution is 6.31. The Balaban J connectivity index is 1.80. The van der Waals surface area contributed by atoms with Gasteiger partial charge in [-0.2, -0.15) is 5.10 Å².